The summed E-state index contributed by atoms with van der Waals surface area (Å²) in [6, 6.07) is 0. The number of hydrogen-bond acceptors (Lipinski definition) is 5. The molecule has 0 spiro atoms. The van der Waals surface area contributed by atoms with Gasteiger partial charge in [0.25, 0.3) is 0 Å². The second-order valence-corrected chi connectivity index (χ2v) is 4.59. The maximum absolute atomic E-state index is 9.28. The highest BCUT2D eigenvalue weighted by Gasteiger charge is 2.10. The van der Waals surface area contributed by atoms with E-state index < -0.39 is 0 Å². The first-order chi connectivity index (χ1) is 8.63. The Hall–Kier alpha value is -0.760. The summed E-state index contributed by atoms with van der Waals surface area (Å²) in [7, 11) is 3.66. The Bertz CT molecular complexity index is 416. The number of aliphatic hydroxyl groups is 1. The van der Waals surface area contributed by atoms with Crippen LogP contribution in [0.25, 0.3) is 0 Å². The lowest BCUT2D eigenvalue weighted by Gasteiger charge is -2.15. The lowest BCUT2D eigenvalue weighted by atomic mass is 10.4. The van der Waals surface area contributed by atoms with Crippen LogP contribution in [0.5, 0.6) is 0 Å². The van der Waals surface area contributed by atoms with E-state index in [9.17, 15) is 5.11 Å². The largest absolute Gasteiger partial charge is 0.388 e. The summed E-state index contributed by atoms with van der Waals surface area (Å²) >= 11 is 5.37. The average molecular weight is 274 g/mol. The minimum Gasteiger partial charge on any atom is -0.388 e. The van der Waals surface area contributed by atoms with Crippen molar-refractivity contribution in [3.63, 3.8) is 0 Å². The van der Waals surface area contributed by atoms with Gasteiger partial charge in [0, 0.05) is 20.2 Å². The van der Waals surface area contributed by atoms with E-state index in [-0.39, 0.29) is 6.61 Å². The van der Waals surface area contributed by atoms with Crippen LogP contribution in [-0.2, 0) is 24.6 Å². The maximum Gasteiger partial charge on any atom is 0.199 e. The minimum atomic E-state index is -0.0849. The van der Waals surface area contributed by atoms with E-state index in [0.29, 0.717) is 23.9 Å². The molecule has 6 nitrogen and oxygen atoms in total. The van der Waals surface area contributed by atoms with E-state index in [2.05, 4.69) is 16.9 Å². The Morgan fingerprint density at radius 1 is 1.50 bits per heavy atom. The Morgan fingerprint density at radius 2 is 2.22 bits per heavy atom. The molecular formula is C11H22N4O2S. The Labute approximate surface area is 113 Å². The van der Waals surface area contributed by atoms with Crippen LogP contribution in [0.1, 0.15) is 19.2 Å². The molecule has 1 heterocycles. The van der Waals surface area contributed by atoms with Crippen LogP contribution >= 0.6 is 12.2 Å². The summed E-state index contributed by atoms with van der Waals surface area (Å²) in [5, 5.41) is 13.6. The van der Waals surface area contributed by atoms with Crippen LogP contribution in [0.15, 0.2) is 0 Å². The Morgan fingerprint density at radius 3 is 2.78 bits per heavy atom. The molecule has 1 rings (SSSR count). The molecule has 1 N–H and O–H groups in total. The normalized spacial score (nSPS) is 11.4. The van der Waals surface area contributed by atoms with Gasteiger partial charge in [-0.15, -0.1) is 0 Å². The molecule has 0 radical (unpaired) electrons. The average Bonchev–Trinajstić information content (AvgIpc) is 2.65. The van der Waals surface area contributed by atoms with Crippen LogP contribution in [0, 0.1) is 4.77 Å². The number of methoxy groups -OCH3 is 1. The van der Waals surface area contributed by atoms with Gasteiger partial charge >= 0.3 is 0 Å². The Balaban J connectivity index is 2.80. The molecule has 0 aromatic carbocycles. The van der Waals surface area contributed by atoms with Gasteiger partial charge in [-0.25, -0.2) is 4.68 Å². The zero-order chi connectivity index (χ0) is 13.5. The number of aliphatic hydroxyl groups excluding tert-OH is 1. The highest BCUT2D eigenvalue weighted by Crippen LogP contribution is 2.04. The van der Waals surface area contributed by atoms with Crippen molar-refractivity contribution in [2.45, 2.75) is 33.2 Å². The van der Waals surface area contributed by atoms with Gasteiger partial charge in [-0.1, -0.05) is 6.92 Å². The van der Waals surface area contributed by atoms with Crippen LogP contribution < -0.4 is 0 Å². The number of rotatable bonds is 8. The second-order valence-electron chi connectivity index (χ2n) is 4.22. The monoisotopic (exact) mass is 274 g/mol. The first-order valence-corrected chi connectivity index (χ1v) is 6.49. The summed E-state index contributed by atoms with van der Waals surface area (Å²) in [4.78, 5) is 2.07. The van der Waals surface area contributed by atoms with E-state index in [1.807, 2.05) is 11.6 Å². The van der Waals surface area contributed by atoms with Crippen molar-refractivity contribution < 1.29 is 9.84 Å². The maximum atomic E-state index is 9.28. The predicted molar refractivity (Wildman–Crippen MR) is 71.8 cm³/mol. The summed E-state index contributed by atoms with van der Waals surface area (Å²) in [6.07, 6.45) is 0.965. The minimum absolute atomic E-state index is 0.0849. The van der Waals surface area contributed by atoms with E-state index in [4.69, 9.17) is 17.0 Å². The van der Waals surface area contributed by atoms with Crippen LogP contribution in [0.3, 0.4) is 0 Å². The smallest absolute Gasteiger partial charge is 0.199 e. The Kier molecular flexibility index (Phi) is 6.48. The number of nitrogens with zero attached hydrogens (tertiary/aromatic N) is 4. The second kappa shape index (κ2) is 7.63. The van der Waals surface area contributed by atoms with E-state index in [1.54, 1.807) is 11.8 Å². The van der Waals surface area contributed by atoms with E-state index in [1.165, 1.54) is 0 Å². The third kappa shape index (κ3) is 3.88. The first-order valence-electron chi connectivity index (χ1n) is 6.08. The molecule has 0 saturated carbocycles. The van der Waals surface area contributed by atoms with Crippen LogP contribution in [0.4, 0.5) is 0 Å². The van der Waals surface area contributed by atoms with Crippen LogP contribution in [0.2, 0.25) is 0 Å². The topological polar surface area (TPSA) is 55.5 Å². The molecule has 0 atom stereocenters. The fourth-order valence-corrected chi connectivity index (χ4v) is 1.98. The van der Waals surface area contributed by atoms with Crippen LogP contribution in [-0.4, -0.2) is 51.7 Å². The fraction of sp³-hybridized carbons (Fsp3) is 0.818. The molecular weight excluding hydrogens is 252 g/mol. The molecule has 1 aromatic heterocycles. The van der Waals surface area contributed by atoms with E-state index in [0.717, 1.165) is 19.5 Å². The molecule has 7 heteroatoms. The standard InChI is InChI=1S/C11H22N4O2S/c1-4-5-14-10(8-16)12-15(11(14)18)9-13(2)6-7-17-3/h16H,4-9H2,1-3H3. The molecule has 0 aliphatic heterocycles. The summed E-state index contributed by atoms with van der Waals surface area (Å²) in [6.45, 7) is 4.87. The predicted octanol–water partition coefficient (Wildman–Crippen LogP) is 0.852. The van der Waals surface area contributed by atoms with Gasteiger partial charge in [0.05, 0.1) is 13.3 Å². The van der Waals surface area contributed by atoms with Crippen molar-refractivity contribution >= 4 is 12.2 Å². The first kappa shape index (κ1) is 15.3. The highest BCUT2D eigenvalue weighted by atomic mass is 32.1. The molecule has 0 bridgehead atoms. The molecule has 1 aromatic rings. The van der Waals surface area contributed by atoms with Crippen molar-refractivity contribution in [2.75, 3.05) is 27.3 Å². The molecule has 18 heavy (non-hydrogen) atoms. The zero-order valence-electron chi connectivity index (χ0n) is 11.3. The number of hydrogen-bond donors (Lipinski definition) is 1. The van der Waals surface area contributed by atoms with Gasteiger partial charge in [-0.2, -0.15) is 5.10 Å². The molecule has 0 fully saturated rings. The van der Waals surface area contributed by atoms with Crippen molar-refractivity contribution in [2.24, 2.45) is 0 Å². The summed E-state index contributed by atoms with van der Waals surface area (Å²) in [5.41, 5.74) is 0. The van der Waals surface area contributed by atoms with Gasteiger partial charge in [-0.3, -0.25) is 4.90 Å². The molecule has 104 valence electrons. The number of likely N-dealkylation sites (N-methyl/N-ethyl adjacent to an activating group) is 1. The summed E-state index contributed by atoms with van der Waals surface area (Å²) in [5.74, 6) is 0.627. The van der Waals surface area contributed by atoms with E-state index >= 15 is 0 Å². The van der Waals surface area contributed by atoms with Gasteiger partial charge in [0.2, 0.25) is 0 Å². The van der Waals surface area contributed by atoms with Crippen molar-refractivity contribution in [1.82, 2.24) is 19.2 Å². The van der Waals surface area contributed by atoms with Gasteiger partial charge in [-0.05, 0) is 25.7 Å². The van der Waals surface area contributed by atoms with Gasteiger partial charge in [0.1, 0.15) is 6.61 Å². The van der Waals surface area contributed by atoms with Gasteiger partial charge < -0.3 is 14.4 Å². The molecule has 0 saturated heterocycles. The van der Waals surface area contributed by atoms with Gasteiger partial charge in [0.15, 0.2) is 10.6 Å². The third-order valence-electron chi connectivity index (χ3n) is 2.64. The zero-order valence-corrected chi connectivity index (χ0v) is 12.1. The molecule has 0 aliphatic carbocycles. The summed E-state index contributed by atoms with van der Waals surface area (Å²) < 4.78 is 9.31. The SMILES string of the molecule is CCCn1c(CO)nn(CN(C)CCOC)c1=S. The van der Waals surface area contributed by atoms with Crippen molar-refractivity contribution in [1.29, 1.82) is 0 Å². The lowest BCUT2D eigenvalue weighted by Crippen LogP contribution is -2.26. The molecule has 0 unspecified atom stereocenters. The third-order valence-corrected chi connectivity index (χ3v) is 3.07. The quantitative estimate of drug-likeness (QED) is 0.712. The number of aromatic nitrogens is 3. The molecule has 0 aliphatic rings. The number of ether oxygens (including phenoxy) is 1. The highest BCUT2D eigenvalue weighted by molar-refractivity contribution is 7.71. The van der Waals surface area contributed by atoms with Crippen molar-refractivity contribution in [3.8, 4) is 0 Å². The van der Waals surface area contributed by atoms with Crippen molar-refractivity contribution in [3.05, 3.63) is 10.6 Å². The molecule has 0 amide bonds. The fourth-order valence-electron chi connectivity index (χ4n) is 1.69. The lowest BCUT2D eigenvalue weighted by molar-refractivity contribution is 0.142.